The van der Waals surface area contributed by atoms with Gasteiger partial charge in [0.25, 0.3) is 0 Å². The molecule has 1 aromatic heterocycles. The Morgan fingerprint density at radius 1 is 0.905 bits per heavy atom. The van der Waals surface area contributed by atoms with Crippen LogP contribution in [0.25, 0.3) is 22.1 Å². The predicted molar refractivity (Wildman–Crippen MR) is 81.0 cm³/mol. The number of benzene rings is 2. The highest BCUT2D eigenvalue weighted by Gasteiger charge is 2.16. The second kappa shape index (κ2) is 5.32. The first-order valence-corrected chi connectivity index (χ1v) is 6.48. The molecule has 0 saturated carbocycles. The van der Waals surface area contributed by atoms with Gasteiger partial charge in [0.05, 0.1) is 25.2 Å². The van der Waals surface area contributed by atoms with Gasteiger partial charge in [-0.25, -0.2) is 0 Å². The maximum absolute atomic E-state index is 12.6. The van der Waals surface area contributed by atoms with E-state index in [1.807, 2.05) is 24.3 Å². The summed E-state index contributed by atoms with van der Waals surface area (Å²) >= 11 is 0. The van der Waals surface area contributed by atoms with Crippen molar-refractivity contribution in [3.8, 4) is 22.6 Å². The Labute approximate surface area is 121 Å². The molecule has 4 nitrogen and oxygen atoms in total. The zero-order valence-corrected chi connectivity index (χ0v) is 11.8. The molecule has 0 bridgehead atoms. The molecule has 0 aliphatic rings. The van der Waals surface area contributed by atoms with E-state index in [9.17, 15) is 4.79 Å². The molecule has 0 fully saturated rings. The minimum Gasteiger partial charge on any atom is -0.493 e. The zero-order chi connectivity index (χ0) is 14.8. The van der Waals surface area contributed by atoms with Crippen LogP contribution in [-0.2, 0) is 0 Å². The predicted octanol–water partition coefficient (Wildman–Crippen LogP) is 3.48. The summed E-state index contributed by atoms with van der Waals surface area (Å²) in [5, 5.41) is 0.542. The largest absolute Gasteiger partial charge is 0.493 e. The Morgan fingerprint density at radius 2 is 1.71 bits per heavy atom. The van der Waals surface area contributed by atoms with Crippen LogP contribution in [0.15, 0.2) is 57.9 Å². The van der Waals surface area contributed by atoms with Crippen molar-refractivity contribution in [2.24, 2.45) is 0 Å². The first-order chi connectivity index (χ1) is 10.3. The monoisotopic (exact) mass is 282 g/mol. The van der Waals surface area contributed by atoms with E-state index in [0.717, 1.165) is 0 Å². The third-order valence-electron chi connectivity index (χ3n) is 3.37. The summed E-state index contributed by atoms with van der Waals surface area (Å²) in [4.78, 5) is 12.6. The van der Waals surface area contributed by atoms with Crippen molar-refractivity contribution >= 4 is 11.0 Å². The lowest BCUT2D eigenvalue weighted by Gasteiger charge is -2.12. The summed E-state index contributed by atoms with van der Waals surface area (Å²) in [6.07, 6.45) is 1.46. The molecule has 0 aliphatic heterocycles. The zero-order valence-electron chi connectivity index (χ0n) is 11.8. The van der Waals surface area contributed by atoms with Crippen molar-refractivity contribution in [2.45, 2.75) is 0 Å². The molecule has 0 N–H and O–H groups in total. The molecule has 0 amide bonds. The fourth-order valence-electron chi connectivity index (χ4n) is 2.36. The van der Waals surface area contributed by atoms with Crippen LogP contribution in [0.2, 0.25) is 0 Å². The minimum absolute atomic E-state index is 0.0941. The van der Waals surface area contributed by atoms with Gasteiger partial charge in [-0.15, -0.1) is 0 Å². The third kappa shape index (κ3) is 2.14. The van der Waals surface area contributed by atoms with Crippen LogP contribution in [0.3, 0.4) is 0 Å². The molecular weight excluding hydrogens is 268 g/mol. The Morgan fingerprint density at radius 3 is 2.48 bits per heavy atom. The maximum Gasteiger partial charge on any atom is 0.200 e. The summed E-state index contributed by atoms with van der Waals surface area (Å²) in [6, 6.07) is 12.6. The SMILES string of the molecule is COc1cccc(-c2coc3ccccc3c2=O)c1OC. The fourth-order valence-corrected chi connectivity index (χ4v) is 2.36. The highest BCUT2D eigenvalue weighted by Crippen LogP contribution is 2.36. The number of para-hydroxylation sites is 2. The molecular formula is C17H14O4. The number of fused-ring (bicyclic) bond motifs is 1. The Balaban J connectivity index is 2.31. The average Bonchev–Trinajstić information content (AvgIpc) is 2.54. The van der Waals surface area contributed by atoms with Crippen LogP contribution < -0.4 is 14.9 Å². The van der Waals surface area contributed by atoms with E-state index in [4.69, 9.17) is 13.9 Å². The summed E-state index contributed by atoms with van der Waals surface area (Å²) in [5.41, 5.74) is 1.57. The van der Waals surface area contributed by atoms with Gasteiger partial charge in [0.15, 0.2) is 11.5 Å². The number of rotatable bonds is 3. The van der Waals surface area contributed by atoms with Crippen molar-refractivity contribution in [1.29, 1.82) is 0 Å². The van der Waals surface area contributed by atoms with E-state index < -0.39 is 0 Å². The first-order valence-electron chi connectivity index (χ1n) is 6.48. The Bertz CT molecular complexity index is 849. The molecule has 0 aliphatic carbocycles. The quantitative estimate of drug-likeness (QED) is 0.738. The number of ether oxygens (including phenoxy) is 2. The van der Waals surface area contributed by atoms with Crippen LogP contribution in [0.4, 0.5) is 0 Å². The highest BCUT2D eigenvalue weighted by molar-refractivity contribution is 5.83. The van der Waals surface area contributed by atoms with E-state index >= 15 is 0 Å². The topological polar surface area (TPSA) is 48.7 Å². The lowest BCUT2D eigenvalue weighted by Crippen LogP contribution is -2.06. The number of methoxy groups -OCH3 is 2. The van der Waals surface area contributed by atoms with Crippen LogP contribution in [-0.4, -0.2) is 14.2 Å². The normalized spacial score (nSPS) is 10.6. The third-order valence-corrected chi connectivity index (χ3v) is 3.37. The Hall–Kier alpha value is -2.75. The molecule has 0 radical (unpaired) electrons. The van der Waals surface area contributed by atoms with E-state index in [2.05, 4.69) is 0 Å². The molecule has 0 saturated heterocycles. The van der Waals surface area contributed by atoms with Gasteiger partial charge in [-0.1, -0.05) is 24.3 Å². The van der Waals surface area contributed by atoms with Crippen molar-refractivity contribution < 1.29 is 13.9 Å². The van der Waals surface area contributed by atoms with Gasteiger partial charge in [-0.05, 0) is 18.2 Å². The summed E-state index contributed by atoms with van der Waals surface area (Å²) < 4.78 is 16.2. The molecule has 0 spiro atoms. The van der Waals surface area contributed by atoms with E-state index in [0.29, 0.717) is 33.6 Å². The van der Waals surface area contributed by atoms with Gasteiger partial charge >= 0.3 is 0 Å². The smallest absolute Gasteiger partial charge is 0.200 e. The minimum atomic E-state index is -0.0941. The van der Waals surface area contributed by atoms with Crippen molar-refractivity contribution in [3.63, 3.8) is 0 Å². The first kappa shape index (κ1) is 13.2. The summed E-state index contributed by atoms with van der Waals surface area (Å²) in [5.74, 6) is 1.09. The van der Waals surface area contributed by atoms with Crippen molar-refractivity contribution in [3.05, 3.63) is 59.0 Å². The molecule has 3 aromatic rings. The number of hydrogen-bond acceptors (Lipinski definition) is 4. The van der Waals surface area contributed by atoms with Gasteiger partial charge in [-0.3, -0.25) is 4.79 Å². The van der Waals surface area contributed by atoms with Gasteiger partial charge in [0, 0.05) is 5.56 Å². The molecule has 2 aromatic carbocycles. The van der Waals surface area contributed by atoms with Crippen LogP contribution >= 0.6 is 0 Å². The molecule has 0 atom stereocenters. The van der Waals surface area contributed by atoms with Gasteiger partial charge in [0.1, 0.15) is 11.8 Å². The molecule has 3 rings (SSSR count). The van der Waals surface area contributed by atoms with Crippen LogP contribution in [0, 0.1) is 0 Å². The fraction of sp³-hybridized carbons (Fsp3) is 0.118. The van der Waals surface area contributed by atoms with Gasteiger partial charge in [0.2, 0.25) is 5.43 Å². The lowest BCUT2D eigenvalue weighted by molar-refractivity contribution is 0.356. The summed E-state index contributed by atoms with van der Waals surface area (Å²) in [7, 11) is 3.11. The molecule has 21 heavy (non-hydrogen) atoms. The molecule has 0 unspecified atom stereocenters. The maximum atomic E-state index is 12.6. The van der Waals surface area contributed by atoms with Gasteiger partial charge < -0.3 is 13.9 Å². The summed E-state index contributed by atoms with van der Waals surface area (Å²) in [6.45, 7) is 0. The van der Waals surface area contributed by atoms with E-state index in [-0.39, 0.29) is 5.43 Å². The average molecular weight is 282 g/mol. The molecule has 1 heterocycles. The Kier molecular flexibility index (Phi) is 3.36. The second-order valence-corrected chi connectivity index (χ2v) is 4.52. The van der Waals surface area contributed by atoms with Crippen molar-refractivity contribution in [1.82, 2.24) is 0 Å². The molecule has 4 heteroatoms. The van der Waals surface area contributed by atoms with Gasteiger partial charge in [-0.2, -0.15) is 0 Å². The highest BCUT2D eigenvalue weighted by atomic mass is 16.5. The number of hydrogen-bond donors (Lipinski definition) is 0. The van der Waals surface area contributed by atoms with E-state index in [1.54, 1.807) is 32.4 Å². The van der Waals surface area contributed by atoms with Crippen LogP contribution in [0.1, 0.15) is 0 Å². The molecule has 106 valence electrons. The standard InChI is InChI=1S/C17H14O4/c1-19-15-9-5-7-11(17(15)20-2)13-10-21-14-8-4-3-6-12(14)16(13)18/h3-10H,1-2H3. The lowest BCUT2D eigenvalue weighted by atomic mass is 10.0. The van der Waals surface area contributed by atoms with Crippen LogP contribution in [0.5, 0.6) is 11.5 Å². The van der Waals surface area contributed by atoms with E-state index in [1.165, 1.54) is 6.26 Å². The second-order valence-electron chi connectivity index (χ2n) is 4.52. The van der Waals surface area contributed by atoms with Crippen molar-refractivity contribution in [2.75, 3.05) is 14.2 Å².